The third kappa shape index (κ3) is 4.84. The molecule has 4 rings (SSSR count). The molecule has 4 aromatic rings. The number of benzene rings is 1. The molecule has 33 heavy (non-hydrogen) atoms. The standard InChI is InChI=1S/C21H16F3N5O4/c22-21(23,24)15-3-1-2-13(8-15)10-28-12-26-18-16(20(28)32)9-27-29(18)7-6-25-19(31)14-4-5-17(30)33-11-14/h1-5,8-9,11-12H,6-7,10H2,(H,25,31). The lowest BCUT2D eigenvalue weighted by atomic mass is 10.1. The van der Waals surface area contributed by atoms with Gasteiger partial charge in [0.1, 0.15) is 18.0 Å². The number of nitrogens with zero attached hydrogens (tertiary/aromatic N) is 4. The first-order valence-corrected chi connectivity index (χ1v) is 9.66. The van der Waals surface area contributed by atoms with E-state index in [9.17, 15) is 27.6 Å². The normalized spacial score (nSPS) is 11.6. The number of amides is 1. The molecule has 1 aromatic carbocycles. The third-order valence-electron chi connectivity index (χ3n) is 4.80. The largest absolute Gasteiger partial charge is 0.430 e. The summed E-state index contributed by atoms with van der Waals surface area (Å²) in [5, 5.41) is 6.94. The van der Waals surface area contributed by atoms with Crippen molar-refractivity contribution in [3.8, 4) is 0 Å². The van der Waals surface area contributed by atoms with Crippen molar-refractivity contribution in [2.45, 2.75) is 19.3 Å². The highest BCUT2D eigenvalue weighted by molar-refractivity contribution is 5.93. The molecule has 0 aliphatic carbocycles. The summed E-state index contributed by atoms with van der Waals surface area (Å²) in [5.74, 6) is -0.452. The fourth-order valence-electron chi connectivity index (χ4n) is 3.18. The topological polar surface area (TPSA) is 112 Å². The van der Waals surface area contributed by atoms with E-state index in [-0.39, 0.29) is 36.2 Å². The summed E-state index contributed by atoms with van der Waals surface area (Å²) in [5.41, 5.74) is -1.06. The highest BCUT2D eigenvalue weighted by Crippen LogP contribution is 2.29. The summed E-state index contributed by atoms with van der Waals surface area (Å²) in [6.07, 6.45) is -0.863. The maximum Gasteiger partial charge on any atom is 0.416 e. The monoisotopic (exact) mass is 459 g/mol. The smallest absolute Gasteiger partial charge is 0.416 e. The van der Waals surface area contributed by atoms with Crippen LogP contribution in [0.1, 0.15) is 21.5 Å². The van der Waals surface area contributed by atoms with Crippen LogP contribution in [0.15, 0.2) is 69.2 Å². The minimum Gasteiger partial charge on any atom is -0.430 e. The average molecular weight is 459 g/mol. The van der Waals surface area contributed by atoms with Gasteiger partial charge in [-0.3, -0.25) is 14.2 Å². The predicted octanol–water partition coefficient (Wildman–Crippen LogP) is 2.04. The molecule has 0 saturated carbocycles. The van der Waals surface area contributed by atoms with Crippen LogP contribution in [0.5, 0.6) is 0 Å². The predicted molar refractivity (Wildman–Crippen MR) is 110 cm³/mol. The fourth-order valence-corrected chi connectivity index (χ4v) is 3.18. The van der Waals surface area contributed by atoms with Crippen molar-refractivity contribution >= 4 is 16.9 Å². The second-order valence-corrected chi connectivity index (χ2v) is 7.08. The van der Waals surface area contributed by atoms with Gasteiger partial charge in [-0.05, 0) is 23.8 Å². The van der Waals surface area contributed by atoms with Crippen LogP contribution in [0.25, 0.3) is 11.0 Å². The van der Waals surface area contributed by atoms with Gasteiger partial charge in [-0.2, -0.15) is 18.3 Å². The summed E-state index contributed by atoms with van der Waals surface area (Å²) in [7, 11) is 0. The molecule has 0 aliphatic rings. The molecule has 0 unspecified atom stereocenters. The average Bonchev–Trinajstić information content (AvgIpc) is 3.19. The second kappa shape index (κ2) is 8.73. The summed E-state index contributed by atoms with van der Waals surface area (Å²) in [4.78, 5) is 40.0. The van der Waals surface area contributed by atoms with E-state index in [1.807, 2.05) is 0 Å². The van der Waals surface area contributed by atoms with Crippen molar-refractivity contribution < 1.29 is 22.4 Å². The molecule has 0 bridgehead atoms. The summed E-state index contributed by atoms with van der Waals surface area (Å²) >= 11 is 0. The van der Waals surface area contributed by atoms with Crippen LogP contribution in [0, 0.1) is 0 Å². The molecule has 9 nitrogen and oxygen atoms in total. The lowest BCUT2D eigenvalue weighted by molar-refractivity contribution is -0.137. The molecule has 0 radical (unpaired) electrons. The number of nitrogens with one attached hydrogen (secondary N) is 1. The second-order valence-electron chi connectivity index (χ2n) is 7.08. The summed E-state index contributed by atoms with van der Waals surface area (Å²) < 4.78 is 46.1. The van der Waals surface area contributed by atoms with Gasteiger partial charge in [0.2, 0.25) is 0 Å². The van der Waals surface area contributed by atoms with E-state index in [2.05, 4.69) is 19.8 Å². The first-order valence-electron chi connectivity index (χ1n) is 9.66. The van der Waals surface area contributed by atoms with E-state index >= 15 is 0 Å². The molecule has 3 heterocycles. The minimum absolute atomic E-state index is 0.0832. The molecule has 0 spiro atoms. The van der Waals surface area contributed by atoms with Crippen LogP contribution >= 0.6 is 0 Å². The van der Waals surface area contributed by atoms with Gasteiger partial charge in [-0.15, -0.1) is 0 Å². The van der Waals surface area contributed by atoms with Gasteiger partial charge < -0.3 is 9.73 Å². The highest BCUT2D eigenvalue weighted by atomic mass is 19.4. The number of rotatable bonds is 6. The number of hydrogen-bond donors (Lipinski definition) is 1. The molecule has 1 N–H and O–H groups in total. The molecule has 170 valence electrons. The Hall–Kier alpha value is -4.22. The van der Waals surface area contributed by atoms with Gasteiger partial charge >= 0.3 is 11.8 Å². The Morgan fingerprint density at radius 2 is 1.97 bits per heavy atom. The van der Waals surface area contributed by atoms with Crippen molar-refractivity contribution in [2.24, 2.45) is 0 Å². The molecule has 1 amide bonds. The van der Waals surface area contributed by atoms with Gasteiger partial charge in [0.15, 0.2) is 5.65 Å². The van der Waals surface area contributed by atoms with E-state index < -0.39 is 28.8 Å². The lowest BCUT2D eigenvalue weighted by Crippen LogP contribution is -2.28. The van der Waals surface area contributed by atoms with E-state index in [1.165, 1.54) is 40.0 Å². The van der Waals surface area contributed by atoms with E-state index in [0.29, 0.717) is 5.56 Å². The molecule has 0 atom stereocenters. The Bertz CT molecular complexity index is 1420. The Labute approximate surface area is 183 Å². The van der Waals surface area contributed by atoms with Crippen LogP contribution in [-0.4, -0.2) is 31.8 Å². The fraction of sp³-hybridized carbons (Fsp3) is 0.190. The highest BCUT2D eigenvalue weighted by Gasteiger charge is 2.30. The van der Waals surface area contributed by atoms with Crippen LogP contribution in [0.2, 0.25) is 0 Å². The van der Waals surface area contributed by atoms with Crippen molar-refractivity contribution in [2.75, 3.05) is 6.54 Å². The Morgan fingerprint density at radius 1 is 1.15 bits per heavy atom. The van der Waals surface area contributed by atoms with Gasteiger partial charge in [-0.1, -0.05) is 12.1 Å². The number of alkyl halides is 3. The lowest BCUT2D eigenvalue weighted by Gasteiger charge is -2.10. The maximum atomic E-state index is 12.9. The number of halogens is 3. The van der Waals surface area contributed by atoms with Gasteiger partial charge in [0, 0.05) is 12.6 Å². The number of carbonyl (C=O) groups excluding carboxylic acids is 1. The molecule has 0 aliphatic heterocycles. The SMILES string of the molecule is O=C(NCCn1ncc2c(=O)n(Cc3cccc(C(F)(F)F)c3)cnc21)c1ccc(=O)oc1. The quantitative estimate of drug-likeness (QED) is 0.472. The van der Waals surface area contributed by atoms with Gasteiger partial charge in [-0.25, -0.2) is 14.5 Å². The van der Waals surface area contributed by atoms with Crippen LogP contribution in [0.3, 0.4) is 0 Å². The third-order valence-corrected chi connectivity index (χ3v) is 4.80. The van der Waals surface area contributed by atoms with E-state index in [0.717, 1.165) is 24.5 Å². The Morgan fingerprint density at radius 3 is 2.70 bits per heavy atom. The Balaban J connectivity index is 1.47. The Kier molecular flexibility index (Phi) is 5.82. The zero-order valence-corrected chi connectivity index (χ0v) is 16.9. The van der Waals surface area contributed by atoms with E-state index in [1.54, 1.807) is 0 Å². The van der Waals surface area contributed by atoms with Crippen molar-refractivity contribution in [3.05, 3.63) is 92.6 Å². The molecular formula is C21H16F3N5O4. The first-order chi connectivity index (χ1) is 15.7. The molecular weight excluding hydrogens is 443 g/mol. The number of hydrogen-bond acceptors (Lipinski definition) is 6. The summed E-state index contributed by atoms with van der Waals surface area (Å²) in [6, 6.07) is 7.19. The van der Waals surface area contributed by atoms with Crippen molar-refractivity contribution in [1.82, 2.24) is 24.6 Å². The molecule has 0 saturated heterocycles. The van der Waals surface area contributed by atoms with Gasteiger partial charge in [0.25, 0.3) is 11.5 Å². The summed E-state index contributed by atoms with van der Waals surface area (Å²) in [6.45, 7) is 0.278. The molecule has 3 aromatic heterocycles. The van der Waals surface area contributed by atoms with Crippen molar-refractivity contribution in [3.63, 3.8) is 0 Å². The molecule has 12 heteroatoms. The number of fused-ring (bicyclic) bond motifs is 1. The van der Waals surface area contributed by atoms with Crippen LogP contribution < -0.4 is 16.5 Å². The van der Waals surface area contributed by atoms with Crippen LogP contribution in [0.4, 0.5) is 13.2 Å². The van der Waals surface area contributed by atoms with Crippen LogP contribution in [-0.2, 0) is 19.3 Å². The number of carbonyl (C=O) groups is 1. The first kappa shape index (κ1) is 22.0. The molecule has 0 fully saturated rings. The zero-order valence-electron chi connectivity index (χ0n) is 16.9. The van der Waals surface area contributed by atoms with Crippen molar-refractivity contribution in [1.29, 1.82) is 0 Å². The van der Waals surface area contributed by atoms with E-state index in [4.69, 9.17) is 0 Å². The van der Waals surface area contributed by atoms with Gasteiger partial charge in [0.05, 0.1) is 30.4 Å². The maximum absolute atomic E-state index is 12.9. The minimum atomic E-state index is -4.48. The zero-order chi connectivity index (χ0) is 23.6. The number of aromatic nitrogens is 4.